The molecule has 0 saturated heterocycles. The number of thiophene rings is 1. The van der Waals surface area contributed by atoms with Crippen molar-refractivity contribution >= 4 is 79.7 Å². The maximum Gasteiger partial charge on any atom is 0.258 e. The van der Waals surface area contributed by atoms with E-state index in [1.165, 1.54) is 11.3 Å². The van der Waals surface area contributed by atoms with Crippen LogP contribution in [-0.4, -0.2) is 16.9 Å². The molecule has 0 unspecified atom stereocenters. The van der Waals surface area contributed by atoms with Crippen LogP contribution in [0.15, 0.2) is 18.2 Å². The summed E-state index contributed by atoms with van der Waals surface area (Å²) in [7, 11) is 0. The van der Waals surface area contributed by atoms with Crippen LogP contribution in [0.1, 0.15) is 44.5 Å². The lowest BCUT2D eigenvalue weighted by atomic mass is 9.88. The monoisotopic (exact) mass is 533 g/mol. The summed E-state index contributed by atoms with van der Waals surface area (Å²) in [5.74, 6) is -0.329. The molecular formula is C18H17ClIN3O2S2. The van der Waals surface area contributed by atoms with Crippen LogP contribution in [0, 0.1) is 9.49 Å². The van der Waals surface area contributed by atoms with Gasteiger partial charge in [-0.15, -0.1) is 11.3 Å². The number of primary amides is 1. The first-order valence-electron chi connectivity index (χ1n) is 8.28. The number of fused-ring (bicyclic) bond motifs is 1. The van der Waals surface area contributed by atoms with Crippen LogP contribution in [0.2, 0.25) is 5.02 Å². The van der Waals surface area contributed by atoms with Crippen molar-refractivity contribution in [1.82, 2.24) is 5.32 Å². The molecule has 0 bridgehead atoms. The zero-order valence-corrected chi connectivity index (χ0v) is 18.9. The van der Waals surface area contributed by atoms with Crippen LogP contribution < -0.4 is 16.4 Å². The molecule has 5 nitrogen and oxygen atoms in total. The summed E-state index contributed by atoms with van der Waals surface area (Å²) in [5, 5.41) is 6.61. The number of amides is 2. The second kappa shape index (κ2) is 8.42. The van der Waals surface area contributed by atoms with Crippen LogP contribution >= 0.6 is 57.7 Å². The molecule has 0 fully saturated rings. The highest BCUT2D eigenvalue weighted by molar-refractivity contribution is 14.1. The standard InChI is InChI=1S/C18H17ClIN3O2S2/c1-8-2-4-10-13(6-8)27-17(14(10)15(21)24)23-18(26)22-16(25)11-7-9(20)3-5-12(11)19/h3,5,7-8H,2,4,6H2,1H3,(H2,21,24)(H2,22,23,25,26)/t8-/m0/s1. The van der Waals surface area contributed by atoms with Gasteiger partial charge in [0, 0.05) is 8.45 Å². The van der Waals surface area contributed by atoms with E-state index in [1.807, 2.05) is 6.07 Å². The molecule has 1 aliphatic carbocycles. The Morgan fingerprint density at radius 2 is 2.15 bits per heavy atom. The second-order valence-electron chi connectivity index (χ2n) is 6.45. The topological polar surface area (TPSA) is 84.2 Å². The Morgan fingerprint density at radius 3 is 2.85 bits per heavy atom. The summed E-state index contributed by atoms with van der Waals surface area (Å²) >= 11 is 14.9. The van der Waals surface area contributed by atoms with Gasteiger partial charge in [0.2, 0.25) is 0 Å². The van der Waals surface area contributed by atoms with Gasteiger partial charge < -0.3 is 11.1 Å². The van der Waals surface area contributed by atoms with Crippen molar-refractivity contribution in [3.8, 4) is 0 Å². The van der Waals surface area contributed by atoms with Crippen molar-refractivity contribution < 1.29 is 9.59 Å². The number of carbonyl (C=O) groups excluding carboxylic acids is 2. The molecule has 0 spiro atoms. The number of nitrogens with two attached hydrogens (primary N) is 1. The molecule has 2 amide bonds. The number of benzene rings is 1. The maximum absolute atomic E-state index is 12.5. The lowest BCUT2D eigenvalue weighted by Gasteiger charge is -2.18. The molecule has 1 aromatic carbocycles. The van der Waals surface area contributed by atoms with Crippen molar-refractivity contribution in [1.29, 1.82) is 0 Å². The second-order valence-corrected chi connectivity index (χ2v) is 9.62. The van der Waals surface area contributed by atoms with Crippen LogP contribution in [-0.2, 0) is 12.8 Å². The molecule has 2 aromatic rings. The Labute approximate surface area is 185 Å². The number of halogens is 2. The van der Waals surface area contributed by atoms with Gasteiger partial charge in [-0.1, -0.05) is 18.5 Å². The van der Waals surface area contributed by atoms with Crippen molar-refractivity contribution in [2.24, 2.45) is 11.7 Å². The van der Waals surface area contributed by atoms with E-state index in [0.717, 1.165) is 33.3 Å². The van der Waals surface area contributed by atoms with E-state index in [1.54, 1.807) is 12.1 Å². The van der Waals surface area contributed by atoms with Crippen LogP contribution in [0.5, 0.6) is 0 Å². The average molecular weight is 534 g/mol. The number of anilines is 1. The molecule has 1 heterocycles. The Balaban J connectivity index is 1.79. The van der Waals surface area contributed by atoms with Gasteiger partial charge in [0.05, 0.1) is 16.1 Å². The minimum absolute atomic E-state index is 0.101. The first-order chi connectivity index (χ1) is 12.8. The van der Waals surface area contributed by atoms with Crippen molar-refractivity contribution in [2.75, 3.05) is 5.32 Å². The quantitative estimate of drug-likeness (QED) is 0.404. The summed E-state index contributed by atoms with van der Waals surface area (Å²) < 4.78 is 0.886. The molecule has 3 rings (SSSR count). The molecule has 27 heavy (non-hydrogen) atoms. The predicted molar refractivity (Wildman–Crippen MR) is 122 cm³/mol. The third-order valence-electron chi connectivity index (χ3n) is 4.39. The minimum Gasteiger partial charge on any atom is -0.365 e. The van der Waals surface area contributed by atoms with Gasteiger partial charge in [-0.3, -0.25) is 14.9 Å². The molecular weight excluding hydrogens is 517 g/mol. The third kappa shape index (κ3) is 4.61. The number of nitrogens with one attached hydrogen (secondary N) is 2. The zero-order chi connectivity index (χ0) is 19.7. The van der Waals surface area contributed by atoms with Gasteiger partial charge in [0.25, 0.3) is 11.8 Å². The lowest BCUT2D eigenvalue weighted by Crippen LogP contribution is -2.34. The van der Waals surface area contributed by atoms with Gasteiger partial charge in [-0.25, -0.2) is 0 Å². The summed E-state index contributed by atoms with van der Waals surface area (Å²) in [6.07, 6.45) is 2.76. The summed E-state index contributed by atoms with van der Waals surface area (Å²) in [6, 6.07) is 5.15. The molecule has 1 aromatic heterocycles. The fourth-order valence-electron chi connectivity index (χ4n) is 3.08. The highest BCUT2D eigenvalue weighted by Gasteiger charge is 2.27. The van der Waals surface area contributed by atoms with Crippen molar-refractivity contribution in [2.45, 2.75) is 26.2 Å². The average Bonchev–Trinajstić information content (AvgIpc) is 2.93. The number of hydrogen-bond acceptors (Lipinski definition) is 4. The number of rotatable bonds is 3. The normalized spacial score (nSPS) is 15.7. The Kier molecular flexibility index (Phi) is 6.39. The molecule has 142 valence electrons. The zero-order valence-electron chi connectivity index (χ0n) is 14.4. The van der Waals surface area contributed by atoms with Gasteiger partial charge in [-0.2, -0.15) is 0 Å². The Hall–Kier alpha value is -1.23. The van der Waals surface area contributed by atoms with Crippen molar-refractivity contribution in [3.05, 3.63) is 48.4 Å². The predicted octanol–water partition coefficient (Wildman–Crippen LogP) is 4.36. The molecule has 4 N–H and O–H groups in total. The summed E-state index contributed by atoms with van der Waals surface area (Å²) in [6.45, 7) is 2.19. The Bertz CT molecular complexity index is 945. The van der Waals surface area contributed by atoms with Crippen LogP contribution in [0.4, 0.5) is 5.00 Å². The van der Waals surface area contributed by atoms with E-state index in [4.69, 9.17) is 29.6 Å². The lowest BCUT2D eigenvalue weighted by molar-refractivity contribution is 0.0975. The minimum atomic E-state index is -0.487. The molecule has 0 radical (unpaired) electrons. The molecule has 1 atom stereocenters. The highest BCUT2D eigenvalue weighted by Crippen LogP contribution is 2.39. The maximum atomic E-state index is 12.5. The van der Waals surface area contributed by atoms with E-state index in [0.29, 0.717) is 27.1 Å². The first-order valence-corrected chi connectivity index (χ1v) is 11.0. The van der Waals surface area contributed by atoms with E-state index >= 15 is 0 Å². The van der Waals surface area contributed by atoms with Gasteiger partial charge in [0.15, 0.2) is 5.11 Å². The summed E-state index contributed by atoms with van der Waals surface area (Å²) in [5.41, 5.74) is 7.42. The number of thiocarbonyl (C=S) groups is 1. The summed E-state index contributed by atoms with van der Waals surface area (Å²) in [4.78, 5) is 25.6. The third-order valence-corrected chi connectivity index (χ3v) is 6.76. The van der Waals surface area contributed by atoms with Gasteiger partial charge >= 0.3 is 0 Å². The Morgan fingerprint density at radius 1 is 1.41 bits per heavy atom. The van der Waals surface area contributed by atoms with Crippen LogP contribution in [0.25, 0.3) is 0 Å². The first kappa shape index (κ1) is 20.5. The van der Waals surface area contributed by atoms with E-state index in [9.17, 15) is 9.59 Å². The van der Waals surface area contributed by atoms with Crippen molar-refractivity contribution in [3.63, 3.8) is 0 Å². The molecule has 0 aliphatic heterocycles. The number of carbonyl (C=O) groups is 2. The van der Waals surface area contributed by atoms with Gasteiger partial charge in [0.1, 0.15) is 5.00 Å². The van der Waals surface area contributed by atoms with E-state index < -0.39 is 11.8 Å². The molecule has 0 saturated carbocycles. The van der Waals surface area contributed by atoms with Gasteiger partial charge in [-0.05, 0) is 83.8 Å². The van der Waals surface area contributed by atoms with Crippen LogP contribution in [0.3, 0.4) is 0 Å². The smallest absolute Gasteiger partial charge is 0.258 e. The number of hydrogen-bond donors (Lipinski definition) is 3. The largest absolute Gasteiger partial charge is 0.365 e. The SMILES string of the molecule is C[C@H]1CCc2c(sc(NC(=S)NC(=O)c3cc(I)ccc3Cl)c2C(N)=O)C1. The fraction of sp³-hybridized carbons (Fsp3) is 0.278. The highest BCUT2D eigenvalue weighted by atomic mass is 127. The van der Waals surface area contributed by atoms with E-state index in [-0.39, 0.29) is 5.11 Å². The fourth-order valence-corrected chi connectivity index (χ4v) is 5.45. The molecule has 1 aliphatic rings. The molecule has 9 heteroatoms. The van der Waals surface area contributed by atoms with E-state index in [2.05, 4.69) is 40.1 Å².